The molecule has 0 unspecified atom stereocenters. The summed E-state index contributed by atoms with van der Waals surface area (Å²) in [7, 11) is 1.59. The van der Waals surface area contributed by atoms with Crippen molar-refractivity contribution in [3.05, 3.63) is 88.3 Å². The lowest BCUT2D eigenvalue weighted by Gasteiger charge is -2.14. The van der Waals surface area contributed by atoms with Gasteiger partial charge in [0.25, 0.3) is 11.8 Å². The summed E-state index contributed by atoms with van der Waals surface area (Å²) < 4.78 is 11.3. The van der Waals surface area contributed by atoms with Crippen molar-refractivity contribution in [2.45, 2.75) is 13.8 Å². The molecule has 0 radical (unpaired) electrons. The molecule has 6 nitrogen and oxygen atoms in total. The molecule has 4 rings (SSSR count). The van der Waals surface area contributed by atoms with E-state index < -0.39 is 0 Å². The third-order valence-electron chi connectivity index (χ3n) is 5.31. The summed E-state index contributed by atoms with van der Waals surface area (Å²) in [6, 6.07) is 20.2. The highest BCUT2D eigenvalue weighted by atomic mass is 32.2. The molecule has 0 saturated carbocycles. The largest absolute Gasteiger partial charge is 0.497 e. The molecule has 35 heavy (non-hydrogen) atoms. The first kappa shape index (κ1) is 24.5. The van der Waals surface area contributed by atoms with Crippen LogP contribution < -0.4 is 19.7 Å². The van der Waals surface area contributed by atoms with E-state index in [0.717, 1.165) is 22.4 Å². The number of methoxy groups -OCH3 is 1. The molecular formula is C27H24N2O4S2. The molecule has 1 aliphatic heterocycles. The van der Waals surface area contributed by atoms with Gasteiger partial charge in [0.1, 0.15) is 11.5 Å². The summed E-state index contributed by atoms with van der Waals surface area (Å²) in [6.45, 7) is 3.83. The summed E-state index contributed by atoms with van der Waals surface area (Å²) in [4.78, 5) is 27.4. The first-order valence-corrected chi connectivity index (χ1v) is 12.1. The van der Waals surface area contributed by atoms with Crippen molar-refractivity contribution in [1.29, 1.82) is 0 Å². The van der Waals surface area contributed by atoms with Gasteiger partial charge in [0.2, 0.25) is 0 Å². The third-order valence-corrected chi connectivity index (χ3v) is 6.61. The fourth-order valence-corrected chi connectivity index (χ4v) is 4.86. The first-order valence-electron chi connectivity index (χ1n) is 10.9. The average molecular weight is 505 g/mol. The fraction of sp³-hybridized carbons (Fsp3) is 0.148. The van der Waals surface area contributed by atoms with Gasteiger partial charge < -0.3 is 14.8 Å². The number of benzene rings is 3. The molecule has 3 aromatic rings. The number of hydrogen-bond donors (Lipinski definition) is 1. The van der Waals surface area contributed by atoms with Crippen LogP contribution in [0.3, 0.4) is 0 Å². The predicted octanol–water partition coefficient (Wildman–Crippen LogP) is 5.74. The van der Waals surface area contributed by atoms with E-state index in [1.165, 1.54) is 16.7 Å². The molecule has 0 atom stereocenters. The second-order valence-electron chi connectivity index (χ2n) is 7.94. The van der Waals surface area contributed by atoms with E-state index >= 15 is 0 Å². The highest BCUT2D eigenvalue weighted by molar-refractivity contribution is 8.27. The molecule has 1 fully saturated rings. The Hall–Kier alpha value is -3.62. The van der Waals surface area contributed by atoms with Crippen LogP contribution in [0.4, 0.5) is 11.4 Å². The summed E-state index contributed by atoms with van der Waals surface area (Å²) in [5.41, 5.74) is 4.34. The molecule has 0 spiro atoms. The maximum Gasteiger partial charge on any atom is 0.270 e. The van der Waals surface area contributed by atoms with Crippen LogP contribution in [0.5, 0.6) is 11.5 Å². The maximum absolute atomic E-state index is 13.0. The van der Waals surface area contributed by atoms with Crippen molar-refractivity contribution in [1.82, 2.24) is 0 Å². The van der Waals surface area contributed by atoms with E-state index in [4.69, 9.17) is 21.7 Å². The van der Waals surface area contributed by atoms with E-state index in [1.807, 2.05) is 44.2 Å². The molecule has 8 heteroatoms. The minimum Gasteiger partial charge on any atom is -0.497 e. The summed E-state index contributed by atoms with van der Waals surface area (Å²) in [5, 5.41) is 2.87. The van der Waals surface area contributed by atoms with Gasteiger partial charge >= 0.3 is 0 Å². The summed E-state index contributed by atoms with van der Waals surface area (Å²) >= 11 is 6.69. The van der Waals surface area contributed by atoms with E-state index in [1.54, 1.807) is 49.6 Å². The molecule has 1 aliphatic rings. The number of carbonyl (C=O) groups is 2. The standard InChI is InChI=1S/C27H24N2O4S2/c1-17-7-12-23(18(2)13-17)28-25(30)16-33-22-6-4-5-19(14-22)15-24-26(31)29(27(34)35-24)20-8-10-21(32-3)11-9-20/h4-15H,16H2,1-3H3,(H,28,30)/b24-15-. The van der Waals surface area contributed by atoms with E-state index in [2.05, 4.69) is 5.32 Å². The van der Waals surface area contributed by atoms with Crippen LogP contribution in [0.25, 0.3) is 6.08 Å². The normalized spacial score (nSPS) is 14.4. The minimum atomic E-state index is -0.247. The second kappa shape index (κ2) is 10.8. The zero-order valence-electron chi connectivity index (χ0n) is 19.5. The van der Waals surface area contributed by atoms with Crippen LogP contribution in [0.15, 0.2) is 71.6 Å². The van der Waals surface area contributed by atoms with Gasteiger partial charge in [0.15, 0.2) is 10.9 Å². The molecule has 0 aliphatic carbocycles. The highest BCUT2D eigenvalue weighted by Gasteiger charge is 2.33. The van der Waals surface area contributed by atoms with Gasteiger partial charge in [0, 0.05) is 5.69 Å². The van der Waals surface area contributed by atoms with Gasteiger partial charge in [-0.15, -0.1) is 0 Å². The predicted molar refractivity (Wildman–Crippen MR) is 145 cm³/mol. The lowest BCUT2D eigenvalue weighted by Crippen LogP contribution is -2.27. The lowest BCUT2D eigenvalue weighted by molar-refractivity contribution is -0.118. The molecule has 0 bridgehead atoms. The first-order chi connectivity index (χ1) is 16.8. The number of thiocarbonyl (C=S) groups is 1. The number of ether oxygens (including phenoxy) is 2. The van der Waals surface area contributed by atoms with Crippen LogP contribution in [-0.2, 0) is 9.59 Å². The average Bonchev–Trinajstić information content (AvgIpc) is 3.12. The molecule has 3 aromatic carbocycles. The molecular weight excluding hydrogens is 480 g/mol. The number of hydrogen-bond acceptors (Lipinski definition) is 6. The van der Waals surface area contributed by atoms with Crippen LogP contribution in [0, 0.1) is 13.8 Å². The molecule has 0 aromatic heterocycles. The van der Waals surface area contributed by atoms with Crippen LogP contribution in [0.2, 0.25) is 0 Å². The number of rotatable bonds is 7. The molecule has 1 N–H and O–H groups in total. The van der Waals surface area contributed by atoms with Crippen molar-refractivity contribution in [3.8, 4) is 11.5 Å². The molecule has 2 amide bonds. The lowest BCUT2D eigenvalue weighted by atomic mass is 10.1. The number of nitrogens with one attached hydrogen (secondary N) is 1. The Kier molecular flexibility index (Phi) is 7.53. The van der Waals surface area contributed by atoms with E-state index in [0.29, 0.717) is 26.4 Å². The monoisotopic (exact) mass is 504 g/mol. The van der Waals surface area contributed by atoms with Crippen molar-refractivity contribution >= 4 is 57.6 Å². The topological polar surface area (TPSA) is 67.9 Å². The Morgan fingerprint density at radius 1 is 1.06 bits per heavy atom. The van der Waals surface area contributed by atoms with Gasteiger partial charge in [-0.25, -0.2) is 0 Å². The Balaban J connectivity index is 1.42. The minimum absolute atomic E-state index is 0.129. The fourth-order valence-electron chi connectivity index (χ4n) is 3.56. The van der Waals surface area contributed by atoms with Crippen molar-refractivity contribution in [3.63, 3.8) is 0 Å². The SMILES string of the molecule is COc1ccc(N2C(=O)/C(=C/c3cccc(OCC(=O)Nc4ccc(C)cc4C)c3)SC2=S)cc1. The van der Waals surface area contributed by atoms with Crippen LogP contribution in [0.1, 0.15) is 16.7 Å². The van der Waals surface area contributed by atoms with E-state index in [9.17, 15) is 9.59 Å². The van der Waals surface area contributed by atoms with Gasteiger partial charge in [-0.05, 0) is 73.5 Å². The Bertz CT molecular complexity index is 1320. The number of carbonyl (C=O) groups excluding carboxylic acids is 2. The number of aryl methyl sites for hydroxylation is 2. The summed E-state index contributed by atoms with van der Waals surface area (Å²) in [6.07, 6.45) is 1.77. The second-order valence-corrected chi connectivity index (χ2v) is 9.62. The van der Waals surface area contributed by atoms with Crippen LogP contribution >= 0.6 is 24.0 Å². The Labute approximate surface area is 213 Å². The summed E-state index contributed by atoms with van der Waals surface area (Å²) in [5.74, 6) is 0.793. The number of amides is 2. The van der Waals surface area contributed by atoms with Crippen molar-refractivity contribution in [2.24, 2.45) is 0 Å². The van der Waals surface area contributed by atoms with Crippen molar-refractivity contribution < 1.29 is 19.1 Å². The number of nitrogens with zero attached hydrogens (tertiary/aromatic N) is 1. The Morgan fingerprint density at radius 2 is 1.83 bits per heavy atom. The Morgan fingerprint density at radius 3 is 2.54 bits per heavy atom. The third kappa shape index (κ3) is 5.90. The molecule has 1 heterocycles. The smallest absolute Gasteiger partial charge is 0.270 e. The number of anilines is 2. The number of thioether (sulfide) groups is 1. The zero-order valence-corrected chi connectivity index (χ0v) is 21.2. The van der Waals surface area contributed by atoms with Crippen LogP contribution in [-0.4, -0.2) is 29.9 Å². The van der Waals surface area contributed by atoms with Gasteiger partial charge in [-0.1, -0.05) is 53.8 Å². The van der Waals surface area contributed by atoms with Gasteiger partial charge in [-0.3, -0.25) is 14.5 Å². The highest BCUT2D eigenvalue weighted by Crippen LogP contribution is 2.36. The van der Waals surface area contributed by atoms with Gasteiger partial charge in [-0.2, -0.15) is 0 Å². The maximum atomic E-state index is 13.0. The van der Waals surface area contributed by atoms with E-state index in [-0.39, 0.29) is 18.4 Å². The van der Waals surface area contributed by atoms with Gasteiger partial charge in [0.05, 0.1) is 17.7 Å². The molecule has 1 saturated heterocycles. The zero-order chi connectivity index (χ0) is 24.9. The molecule has 178 valence electrons. The van der Waals surface area contributed by atoms with Crippen molar-refractivity contribution in [2.75, 3.05) is 23.9 Å². The quantitative estimate of drug-likeness (QED) is 0.327.